The van der Waals surface area contributed by atoms with Crippen molar-refractivity contribution in [1.82, 2.24) is 4.31 Å². The number of hydrogen-bond donors (Lipinski definition) is 1. The van der Waals surface area contributed by atoms with Crippen LogP contribution in [-0.2, 0) is 20.0 Å². The maximum Gasteiger partial charge on any atom is 0.265 e. The molecule has 0 bridgehead atoms. The molecular formula is C19H23BrN2O5S2. The van der Waals surface area contributed by atoms with Gasteiger partial charge in [-0.05, 0) is 55.3 Å². The summed E-state index contributed by atoms with van der Waals surface area (Å²) in [5, 5.41) is 0. The molecule has 0 aromatic heterocycles. The second kappa shape index (κ2) is 9.03. The number of sulfonamides is 2. The highest BCUT2D eigenvalue weighted by Crippen LogP contribution is 2.29. The Morgan fingerprint density at radius 2 is 1.55 bits per heavy atom. The molecule has 0 unspecified atom stereocenters. The Bertz CT molecular complexity index is 1060. The number of nitrogens with zero attached hydrogens (tertiary/aromatic N) is 1. The second-order valence-corrected chi connectivity index (χ2v) is 11.2. The van der Waals surface area contributed by atoms with E-state index >= 15 is 0 Å². The Labute approximate surface area is 180 Å². The van der Waals surface area contributed by atoms with Crippen LogP contribution in [0, 0.1) is 0 Å². The minimum Gasteiger partial charge on any atom is -0.495 e. The van der Waals surface area contributed by atoms with Gasteiger partial charge in [-0.15, -0.1) is 0 Å². The van der Waals surface area contributed by atoms with Crippen molar-refractivity contribution >= 4 is 41.7 Å². The number of anilines is 1. The summed E-state index contributed by atoms with van der Waals surface area (Å²) < 4.78 is 60.9. The van der Waals surface area contributed by atoms with E-state index in [1.54, 1.807) is 12.1 Å². The van der Waals surface area contributed by atoms with E-state index in [1.807, 2.05) is 0 Å². The summed E-state index contributed by atoms with van der Waals surface area (Å²) in [5.74, 6) is 0.209. The van der Waals surface area contributed by atoms with Crippen LogP contribution in [0.3, 0.4) is 0 Å². The van der Waals surface area contributed by atoms with Crippen LogP contribution in [0.5, 0.6) is 5.75 Å². The number of methoxy groups -OCH3 is 1. The van der Waals surface area contributed by atoms with Gasteiger partial charge >= 0.3 is 0 Å². The van der Waals surface area contributed by atoms with Crippen molar-refractivity contribution in [1.29, 1.82) is 0 Å². The summed E-state index contributed by atoms with van der Waals surface area (Å²) in [6.45, 7) is 1.03. The summed E-state index contributed by atoms with van der Waals surface area (Å²) in [7, 11) is -6.11. The number of ether oxygens (including phenoxy) is 1. The van der Waals surface area contributed by atoms with Gasteiger partial charge in [0, 0.05) is 23.2 Å². The van der Waals surface area contributed by atoms with E-state index in [0.29, 0.717) is 17.6 Å². The predicted molar refractivity (Wildman–Crippen MR) is 115 cm³/mol. The summed E-state index contributed by atoms with van der Waals surface area (Å²) in [5.41, 5.74) is 0.266. The molecule has 1 heterocycles. The lowest BCUT2D eigenvalue weighted by Crippen LogP contribution is -2.31. The van der Waals surface area contributed by atoms with E-state index in [-0.39, 0.29) is 21.2 Å². The molecule has 3 rings (SSSR count). The molecular weight excluding hydrogens is 480 g/mol. The van der Waals surface area contributed by atoms with Crippen molar-refractivity contribution in [3.8, 4) is 5.75 Å². The van der Waals surface area contributed by atoms with Crippen LogP contribution in [0.4, 0.5) is 5.69 Å². The largest absolute Gasteiger partial charge is 0.495 e. The molecule has 1 N–H and O–H groups in total. The minimum atomic E-state index is -3.92. The molecule has 2 aromatic carbocycles. The maximum atomic E-state index is 12.8. The van der Waals surface area contributed by atoms with Crippen molar-refractivity contribution < 1.29 is 21.6 Å². The van der Waals surface area contributed by atoms with Gasteiger partial charge in [0.05, 0.1) is 12.0 Å². The molecule has 0 atom stereocenters. The molecule has 7 nitrogen and oxygen atoms in total. The quantitative estimate of drug-likeness (QED) is 0.647. The third-order valence-electron chi connectivity index (χ3n) is 4.72. The third-order valence-corrected chi connectivity index (χ3v) is 8.53. The lowest BCUT2D eigenvalue weighted by molar-refractivity contribution is 0.403. The SMILES string of the molecule is COc1ccc(Br)cc1S(=O)(=O)Nc1ccc(S(=O)(=O)N2CCCCCC2)cc1. The van der Waals surface area contributed by atoms with Crippen LogP contribution in [0.25, 0.3) is 0 Å². The molecule has 29 heavy (non-hydrogen) atoms. The van der Waals surface area contributed by atoms with E-state index in [1.165, 1.54) is 41.7 Å². The first-order chi connectivity index (χ1) is 13.7. The zero-order valence-corrected chi connectivity index (χ0v) is 19.2. The summed E-state index contributed by atoms with van der Waals surface area (Å²) >= 11 is 3.26. The van der Waals surface area contributed by atoms with Gasteiger partial charge in [-0.1, -0.05) is 28.8 Å². The monoisotopic (exact) mass is 502 g/mol. The van der Waals surface area contributed by atoms with E-state index in [9.17, 15) is 16.8 Å². The molecule has 0 radical (unpaired) electrons. The predicted octanol–water partition coefficient (Wildman–Crippen LogP) is 3.82. The van der Waals surface area contributed by atoms with Gasteiger partial charge in [-0.2, -0.15) is 4.31 Å². The van der Waals surface area contributed by atoms with Crippen LogP contribution < -0.4 is 9.46 Å². The molecule has 1 saturated heterocycles. The van der Waals surface area contributed by atoms with E-state index in [0.717, 1.165) is 25.7 Å². The fraction of sp³-hybridized carbons (Fsp3) is 0.368. The van der Waals surface area contributed by atoms with Gasteiger partial charge < -0.3 is 4.74 Å². The fourth-order valence-electron chi connectivity index (χ4n) is 3.20. The normalized spacial score (nSPS) is 16.2. The standard InChI is InChI=1S/C19H23BrN2O5S2/c1-27-18-11-6-15(20)14-19(18)28(23,24)21-16-7-9-17(10-8-16)29(25,26)22-12-4-2-3-5-13-22/h6-11,14,21H,2-5,12-13H2,1H3. The number of rotatable bonds is 6. The topological polar surface area (TPSA) is 92.8 Å². The van der Waals surface area contributed by atoms with E-state index < -0.39 is 20.0 Å². The number of nitrogens with one attached hydrogen (secondary N) is 1. The van der Waals surface area contributed by atoms with Gasteiger partial charge in [0.15, 0.2) is 0 Å². The maximum absolute atomic E-state index is 12.8. The van der Waals surface area contributed by atoms with Gasteiger partial charge in [0.25, 0.3) is 10.0 Å². The Hall–Kier alpha value is -1.62. The molecule has 2 aromatic rings. The fourth-order valence-corrected chi connectivity index (χ4v) is 6.48. The first kappa shape index (κ1) is 22.1. The van der Waals surface area contributed by atoms with Gasteiger partial charge in [0.1, 0.15) is 10.6 Å². The molecule has 0 saturated carbocycles. The third kappa shape index (κ3) is 5.11. The van der Waals surface area contributed by atoms with Gasteiger partial charge in [0.2, 0.25) is 10.0 Å². The van der Waals surface area contributed by atoms with Crippen LogP contribution in [-0.4, -0.2) is 41.3 Å². The van der Waals surface area contributed by atoms with Crippen molar-refractivity contribution in [2.75, 3.05) is 24.9 Å². The molecule has 0 aliphatic carbocycles. The average molecular weight is 503 g/mol. The van der Waals surface area contributed by atoms with Crippen molar-refractivity contribution in [2.45, 2.75) is 35.5 Å². The van der Waals surface area contributed by atoms with Crippen LogP contribution in [0.2, 0.25) is 0 Å². The molecule has 10 heteroatoms. The van der Waals surface area contributed by atoms with Crippen LogP contribution in [0.1, 0.15) is 25.7 Å². The number of benzene rings is 2. The summed E-state index contributed by atoms with van der Waals surface area (Å²) in [6.07, 6.45) is 3.77. The van der Waals surface area contributed by atoms with Gasteiger partial charge in [-0.25, -0.2) is 16.8 Å². The van der Waals surface area contributed by atoms with Gasteiger partial charge in [-0.3, -0.25) is 4.72 Å². The lowest BCUT2D eigenvalue weighted by Gasteiger charge is -2.20. The lowest BCUT2D eigenvalue weighted by atomic mass is 10.2. The van der Waals surface area contributed by atoms with E-state index in [4.69, 9.17) is 4.74 Å². The zero-order chi connectivity index (χ0) is 21.1. The highest BCUT2D eigenvalue weighted by Gasteiger charge is 2.25. The van der Waals surface area contributed by atoms with Crippen LogP contribution in [0.15, 0.2) is 56.7 Å². The Balaban J connectivity index is 1.83. The zero-order valence-electron chi connectivity index (χ0n) is 16.0. The highest BCUT2D eigenvalue weighted by atomic mass is 79.9. The highest BCUT2D eigenvalue weighted by molar-refractivity contribution is 9.10. The van der Waals surface area contributed by atoms with E-state index in [2.05, 4.69) is 20.7 Å². The molecule has 1 aliphatic heterocycles. The Morgan fingerprint density at radius 3 is 2.14 bits per heavy atom. The second-order valence-electron chi connectivity index (χ2n) is 6.74. The first-order valence-electron chi connectivity index (χ1n) is 9.20. The van der Waals surface area contributed by atoms with Crippen LogP contribution >= 0.6 is 15.9 Å². The Kier molecular flexibility index (Phi) is 6.87. The smallest absolute Gasteiger partial charge is 0.265 e. The summed E-state index contributed by atoms with van der Waals surface area (Å²) in [6, 6.07) is 10.4. The number of halogens is 1. The molecule has 158 valence electrons. The minimum absolute atomic E-state index is 0.0179. The van der Waals surface area contributed by atoms with Crippen molar-refractivity contribution in [3.05, 3.63) is 46.9 Å². The molecule has 1 aliphatic rings. The molecule has 0 spiro atoms. The molecule has 1 fully saturated rings. The van der Waals surface area contributed by atoms with Crippen molar-refractivity contribution in [3.63, 3.8) is 0 Å². The average Bonchev–Trinajstić information content (AvgIpc) is 2.98. The molecule has 0 amide bonds. The Morgan fingerprint density at radius 1 is 0.931 bits per heavy atom. The number of hydrogen-bond acceptors (Lipinski definition) is 5. The first-order valence-corrected chi connectivity index (χ1v) is 12.9. The summed E-state index contributed by atoms with van der Waals surface area (Å²) in [4.78, 5) is 0.137. The van der Waals surface area contributed by atoms with Crippen molar-refractivity contribution in [2.24, 2.45) is 0 Å².